The van der Waals surface area contributed by atoms with E-state index < -0.39 is 29.6 Å². The van der Waals surface area contributed by atoms with Crippen molar-refractivity contribution in [1.29, 1.82) is 0 Å². The van der Waals surface area contributed by atoms with E-state index in [2.05, 4.69) is 5.32 Å². The summed E-state index contributed by atoms with van der Waals surface area (Å²) in [6.45, 7) is 3.48. The zero-order valence-electron chi connectivity index (χ0n) is 16.1. The fraction of sp³-hybridized carbons (Fsp3) is 0.333. The molecule has 1 unspecified atom stereocenters. The first-order valence-electron chi connectivity index (χ1n) is 9.05. The molecule has 0 saturated heterocycles. The molecule has 0 saturated carbocycles. The second kappa shape index (κ2) is 9.45. The van der Waals surface area contributed by atoms with Crippen LogP contribution in [0, 0.1) is 5.92 Å². The van der Waals surface area contributed by atoms with E-state index in [1.54, 1.807) is 18.2 Å². The lowest BCUT2D eigenvalue weighted by atomic mass is 9.95. The average molecular weight is 408 g/mol. The van der Waals surface area contributed by atoms with Crippen LogP contribution in [0.15, 0.2) is 48.5 Å². The molecule has 0 spiro atoms. The second-order valence-electron chi connectivity index (χ2n) is 7.05. The number of amides is 2. The predicted octanol–water partition coefficient (Wildman–Crippen LogP) is 4.09. The van der Waals surface area contributed by atoms with Crippen LogP contribution in [0.2, 0.25) is 0 Å². The fourth-order valence-electron chi connectivity index (χ4n) is 2.81. The number of nitrogens with one attached hydrogen (secondary N) is 1. The molecule has 156 valence electrons. The van der Waals surface area contributed by atoms with Crippen LogP contribution in [0.3, 0.4) is 0 Å². The van der Waals surface area contributed by atoms with Gasteiger partial charge in [-0.25, -0.2) is 0 Å². The normalized spacial score (nSPS) is 12.5. The third-order valence-corrected chi connectivity index (χ3v) is 4.15. The van der Waals surface area contributed by atoms with E-state index in [0.29, 0.717) is 12.0 Å². The van der Waals surface area contributed by atoms with Crippen molar-refractivity contribution in [3.8, 4) is 5.75 Å². The van der Waals surface area contributed by atoms with Crippen molar-refractivity contribution in [2.75, 3.05) is 6.61 Å². The number of ether oxygens (including phenoxy) is 1. The van der Waals surface area contributed by atoms with E-state index >= 15 is 0 Å². The molecule has 0 aliphatic heterocycles. The molecule has 0 aliphatic carbocycles. The zero-order chi connectivity index (χ0) is 21.6. The highest BCUT2D eigenvalue weighted by molar-refractivity contribution is 5.93. The van der Waals surface area contributed by atoms with Crippen molar-refractivity contribution in [3.63, 3.8) is 0 Å². The highest BCUT2D eigenvalue weighted by Crippen LogP contribution is 2.32. The summed E-state index contributed by atoms with van der Waals surface area (Å²) in [5.41, 5.74) is 5.05. The molecule has 2 amide bonds. The van der Waals surface area contributed by atoms with E-state index in [4.69, 9.17) is 10.5 Å². The minimum absolute atomic E-state index is 0.142. The van der Waals surface area contributed by atoms with Crippen LogP contribution in [0.25, 0.3) is 0 Å². The molecule has 0 radical (unpaired) electrons. The Hall–Kier alpha value is -3.03. The Balaban J connectivity index is 2.09. The van der Waals surface area contributed by atoms with Gasteiger partial charge in [-0.1, -0.05) is 32.0 Å². The first-order chi connectivity index (χ1) is 13.6. The molecule has 0 bridgehead atoms. The van der Waals surface area contributed by atoms with Crippen molar-refractivity contribution in [1.82, 2.24) is 5.32 Å². The van der Waals surface area contributed by atoms with Crippen molar-refractivity contribution in [2.24, 2.45) is 11.7 Å². The number of carbonyl (C=O) groups is 2. The van der Waals surface area contributed by atoms with E-state index in [9.17, 15) is 22.8 Å². The maximum Gasteiger partial charge on any atom is 0.416 e. The Morgan fingerprint density at radius 3 is 2.41 bits per heavy atom. The smallest absolute Gasteiger partial charge is 0.416 e. The lowest BCUT2D eigenvalue weighted by molar-refractivity contribution is -0.137. The van der Waals surface area contributed by atoms with Crippen LogP contribution in [0.1, 0.15) is 47.8 Å². The number of benzene rings is 2. The van der Waals surface area contributed by atoms with Crippen molar-refractivity contribution < 1.29 is 27.5 Å². The largest absolute Gasteiger partial charge is 0.484 e. The van der Waals surface area contributed by atoms with Gasteiger partial charge in [0.15, 0.2) is 6.61 Å². The number of alkyl halides is 3. The van der Waals surface area contributed by atoms with Gasteiger partial charge in [-0.15, -0.1) is 0 Å². The van der Waals surface area contributed by atoms with Crippen LogP contribution in [-0.2, 0) is 11.0 Å². The lowest BCUT2D eigenvalue weighted by Crippen LogP contribution is -2.33. The van der Waals surface area contributed by atoms with Gasteiger partial charge in [-0.2, -0.15) is 13.2 Å². The molecule has 2 aromatic rings. The Labute approximate surface area is 167 Å². The quantitative estimate of drug-likeness (QED) is 0.690. The molecule has 29 heavy (non-hydrogen) atoms. The highest BCUT2D eigenvalue weighted by Gasteiger charge is 2.31. The van der Waals surface area contributed by atoms with Crippen LogP contribution >= 0.6 is 0 Å². The number of carbonyl (C=O) groups excluding carboxylic acids is 2. The first-order valence-corrected chi connectivity index (χ1v) is 9.05. The summed E-state index contributed by atoms with van der Waals surface area (Å²) < 4.78 is 44.4. The highest BCUT2D eigenvalue weighted by atomic mass is 19.4. The summed E-state index contributed by atoms with van der Waals surface area (Å²) in [5.74, 6) is -0.682. The van der Waals surface area contributed by atoms with Gasteiger partial charge in [0.2, 0.25) is 5.91 Å². The van der Waals surface area contributed by atoms with Crippen LogP contribution in [0.5, 0.6) is 5.75 Å². The zero-order valence-corrected chi connectivity index (χ0v) is 16.1. The maximum atomic E-state index is 13.0. The van der Waals surface area contributed by atoms with E-state index in [1.165, 1.54) is 18.2 Å². The van der Waals surface area contributed by atoms with Crippen LogP contribution in [0.4, 0.5) is 13.2 Å². The summed E-state index contributed by atoms with van der Waals surface area (Å²) in [7, 11) is 0. The molecule has 2 rings (SSSR count). The van der Waals surface area contributed by atoms with E-state index in [0.717, 1.165) is 12.1 Å². The summed E-state index contributed by atoms with van der Waals surface area (Å²) in [5, 5.41) is 2.73. The molecular weight excluding hydrogens is 385 g/mol. The molecule has 5 nitrogen and oxygen atoms in total. The van der Waals surface area contributed by atoms with Gasteiger partial charge in [-0.05, 0) is 48.2 Å². The van der Waals surface area contributed by atoms with Gasteiger partial charge >= 0.3 is 6.18 Å². The number of hydrogen-bond donors (Lipinski definition) is 2. The van der Waals surface area contributed by atoms with Gasteiger partial charge in [0.1, 0.15) is 5.75 Å². The molecule has 0 heterocycles. The van der Waals surface area contributed by atoms with Crippen molar-refractivity contribution in [3.05, 3.63) is 65.2 Å². The number of hydrogen-bond acceptors (Lipinski definition) is 3. The average Bonchev–Trinajstić information content (AvgIpc) is 2.65. The van der Waals surface area contributed by atoms with Gasteiger partial charge in [0, 0.05) is 5.56 Å². The topological polar surface area (TPSA) is 81.4 Å². The molecule has 0 fully saturated rings. The number of rotatable bonds is 8. The minimum Gasteiger partial charge on any atom is -0.484 e. The van der Waals surface area contributed by atoms with Crippen LogP contribution in [-0.4, -0.2) is 18.4 Å². The molecular formula is C21H23F3N2O3. The van der Waals surface area contributed by atoms with Gasteiger partial charge < -0.3 is 15.8 Å². The summed E-state index contributed by atoms with van der Waals surface area (Å²) in [6, 6.07) is 10.4. The molecule has 3 N–H and O–H groups in total. The van der Waals surface area contributed by atoms with Gasteiger partial charge in [0.05, 0.1) is 11.6 Å². The Kier molecular flexibility index (Phi) is 7.25. The number of primary amides is 1. The van der Waals surface area contributed by atoms with E-state index in [1.807, 2.05) is 13.8 Å². The third-order valence-electron chi connectivity index (χ3n) is 4.15. The van der Waals surface area contributed by atoms with Gasteiger partial charge in [0.25, 0.3) is 5.91 Å². The molecule has 1 atom stereocenters. The number of halogens is 3. The summed E-state index contributed by atoms with van der Waals surface area (Å²) in [6.07, 6.45) is -4.00. The Morgan fingerprint density at radius 2 is 1.79 bits per heavy atom. The van der Waals surface area contributed by atoms with E-state index in [-0.39, 0.29) is 23.8 Å². The number of nitrogens with two attached hydrogens (primary N) is 1. The Bertz CT molecular complexity index is 866. The van der Waals surface area contributed by atoms with Crippen LogP contribution < -0.4 is 15.8 Å². The monoisotopic (exact) mass is 408 g/mol. The summed E-state index contributed by atoms with van der Waals surface area (Å²) in [4.78, 5) is 23.5. The first kappa shape index (κ1) is 22.3. The standard InChI is InChI=1S/C21H23F3N2O3/c1-13(2)9-18(14-5-3-7-16(10-14)21(22,23)24)26-19(27)12-29-17-8-4-6-15(11-17)20(25)28/h3-8,10-11,13,18H,9,12H2,1-2H3,(H2,25,28)(H,26,27). The minimum atomic E-state index is -4.46. The molecule has 0 aromatic heterocycles. The predicted molar refractivity (Wildman–Crippen MR) is 102 cm³/mol. The lowest BCUT2D eigenvalue weighted by Gasteiger charge is -2.22. The van der Waals surface area contributed by atoms with Crippen molar-refractivity contribution >= 4 is 11.8 Å². The molecule has 8 heteroatoms. The van der Waals surface area contributed by atoms with Crippen molar-refractivity contribution in [2.45, 2.75) is 32.5 Å². The van der Waals surface area contributed by atoms with Gasteiger partial charge in [-0.3, -0.25) is 9.59 Å². The SMILES string of the molecule is CC(C)CC(NC(=O)COc1cccc(C(N)=O)c1)c1cccc(C(F)(F)F)c1. The third kappa shape index (κ3) is 6.81. The maximum absolute atomic E-state index is 13.0. The molecule has 0 aliphatic rings. The molecule has 2 aromatic carbocycles. The Morgan fingerprint density at radius 1 is 1.10 bits per heavy atom. The summed E-state index contributed by atoms with van der Waals surface area (Å²) >= 11 is 0. The second-order valence-corrected chi connectivity index (χ2v) is 7.05. The fourth-order valence-corrected chi connectivity index (χ4v) is 2.81.